The fraction of sp³-hybridized carbons (Fsp3) is 0.500. The molecular weight excluding hydrogens is 234 g/mol. The molecule has 0 radical (unpaired) electrons. The minimum atomic E-state index is 0.259. The predicted octanol–water partition coefficient (Wildman–Crippen LogP) is 2.26. The summed E-state index contributed by atoms with van der Waals surface area (Å²) >= 11 is 1.63. The van der Waals surface area contributed by atoms with E-state index in [2.05, 4.69) is 15.3 Å². The van der Waals surface area contributed by atoms with Gasteiger partial charge in [-0.2, -0.15) is 0 Å². The summed E-state index contributed by atoms with van der Waals surface area (Å²) in [7, 11) is 0. The Balaban J connectivity index is 1.87. The van der Waals surface area contributed by atoms with Crippen molar-refractivity contribution in [3.05, 3.63) is 17.8 Å². The monoisotopic (exact) mass is 249 g/mol. The molecule has 3 rings (SSSR count). The van der Waals surface area contributed by atoms with Gasteiger partial charge >= 0.3 is 0 Å². The first kappa shape index (κ1) is 10.9. The largest absolute Gasteiger partial charge is 0.396 e. The third kappa shape index (κ3) is 2.00. The Morgan fingerprint density at radius 3 is 3.24 bits per heavy atom. The average molecular weight is 249 g/mol. The van der Waals surface area contributed by atoms with Crippen LogP contribution in [-0.2, 0) is 0 Å². The highest BCUT2D eigenvalue weighted by atomic mass is 32.1. The molecule has 2 aromatic heterocycles. The molecule has 0 amide bonds. The zero-order valence-electron chi connectivity index (χ0n) is 9.47. The second-order valence-electron chi connectivity index (χ2n) is 4.49. The standard InChI is InChI=1S/C12H15N3OS/c16-6-8-2-1-3-10(8)15-11-9-4-5-17-12(9)14-7-13-11/h4-5,7-8,10,16H,1-3,6H2,(H,13,14,15). The van der Waals surface area contributed by atoms with Crippen LogP contribution in [0.1, 0.15) is 19.3 Å². The Hall–Kier alpha value is -1.20. The normalized spacial score (nSPS) is 24.3. The minimum Gasteiger partial charge on any atom is -0.396 e. The lowest BCUT2D eigenvalue weighted by atomic mass is 10.1. The number of hydrogen-bond donors (Lipinski definition) is 2. The number of hydrogen-bond acceptors (Lipinski definition) is 5. The second-order valence-corrected chi connectivity index (χ2v) is 5.38. The van der Waals surface area contributed by atoms with E-state index in [0.717, 1.165) is 28.9 Å². The zero-order chi connectivity index (χ0) is 11.7. The van der Waals surface area contributed by atoms with Crippen LogP contribution in [-0.4, -0.2) is 27.7 Å². The van der Waals surface area contributed by atoms with Crippen LogP contribution >= 0.6 is 11.3 Å². The molecule has 2 N–H and O–H groups in total. The minimum absolute atomic E-state index is 0.259. The van der Waals surface area contributed by atoms with Crippen LogP contribution in [0.25, 0.3) is 10.2 Å². The van der Waals surface area contributed by atoms with Gasteiger partial charge in [0.1, 0.15) is 17.0 Å². The molecule has 5 heteroatoms. The number of nitrogens with zero attached hydrogens (tertiary/aromatic N) is 2. The van der Waals surface area contributed by atoms with Crippen molar-refractivity contribution in [3.63, 3.8) is 0 Å². The molecule has 90 valence electrons. The molecule has 1 aliphatic rings. The molecule has 2 atom stereocenters. The second kappa shape index (κ2) is 4.58. The molecule has 0 aromatic carbocycles. The smallest absolute Gasteiger partial charge is 0.138 e. The van der Waals surface area contributed by atoms with Gasteiger partial charge in [0.05, 0.1) is 5.39 Å². The van der Waals surface area contributed by atoms with Gasteiger partial charge in [0.25, 0.3) is 0 Å². The van der Waals surface area contributed by atoms with Gasteiger partial charge in [-0.25, -0.2) is 9.97 Å². The molecule has 1 fully saturated rings. The first-order valence-corrected chi connectivity index (χ1v) is 6.82. The van der Waals surface area contributed by atoms with Gasteiger partial charge in [-0.1, -0.05) is 6.42 Å². The topological polar surface area (TPSA) is 58.0 Å². The molecule has 2 aromatic rings. The maximum Gasteiger partial charge on any atom is 0.138 e. The molecule has 0 aliphatic heterocycles. The van der Waals surface area contributed by atoms with Gasteiger partial charge in [-0.3, -0.25) is 0 Å². The van der Waals surface area contributed by atoms with E-state index in [-0.39, 0.29) is 6.61 Å². The number of rotatable bonds is 3. The summed E-state index contributed by atoms with van der Waals surface area (Å²) in [6.07, 6.45) is 5.00. The summed E-state index contributed by atoms with van der Waals surface area (Å²) < 4.78 is 0. The van der Waals surface area contributed by atoms with Crippen LogP contribution in [0, 0.1) is 5.92 Å². The van der Waals surface area contributed by atoms with Crippen LogP contribution in [0.5, 0.6) is 0 Å². The third-order valence-corrected chi connectivity index (χ3v) is 4.30. The van der Waals surface area contributed by atoms with E-state index >= 15 is 0 Å². The first-order chi connectivity index (χ1) is 8.38. The summed E-state index contributed by atoms with van der Waals surface area (Å²) in [6.45, 7) is 0.259. The van der Waals surface area contributed by atoms with Gasteiger partial charge in [0.2, 0.25) is 0 Å². The molecule has 2 unspecified atom stereocenters. The number of aliphatic hydroxyl groups excluding tert-OH is 1. The number of aromatic nitrogens is 2. The molecule has 1 saturated carbocycles. The van der Waals surface area contributed by atoms with Gasteiger partial charge in [-0.15, -0.1) is 11.3 Å². The molecule has 0 spiro atoms. The van der Waals surface area contributed by atoms with Gasteiger partial charge < -0.3 is 10.4 Å². The number of nitrogens with one attached hydrogen (secondary N) is 1. The SMILES string of the molecule is OCC1CCCC1Nc1ncnc2sccc12. The van der Waals surface area contributed by atoms with Gasteiger partial charge in [0.15, 0.2) is 0 Å². The van der Waals surface area contributed by atoms with E-state index < -0.39 is 0 Å². The van der Waals surface area contributed by atoms with Crippen molar-refractivity contribution in [2.45, 2.75) is 25.3 Å². The summed E-state index contributed by atoms with van der Waals surface area (Å²) in [5, 5.41) is 15.9. The summed E-state index contributed by atoms with van der Waals surface area (Å²) in [4.78, 5) is 9.56. The Kier molecular flexibility index (Phi) is 2.94. The molecule has 2 heterocycles. The van der Waals surface area contributed by atoms with E-state index in [0.29, 0.717) is 12.0 Å². The lowest BCUT2D eigenvalue weighted by molar-refractivity contribution is 0.222. The summed E-state index contributed by atoms with van der Waals surface area (Å²) in [5.41, 5.74) is 0. The van der Waals surface area contributed by atoms with Gasteiger partial charge in [0, 0.05) is 18.6 Å². The third-order valence-electron chi connectivity index (χ3n) is 3.48. The molecular formula is C12H15N3OS. The van der Waals surface area contributed by atoms with Crippen molar-refractivity contribution in [1.82, 2.24) is 9.97 Å². The Morgan fingerprint density at radius 1 is 1.41 bits per heavy atom. The highest BCUT2D eigenvalue weighted by molar-refractivity contribution is 7.16. The maximum atomic E-state index is 9.32. The Labute approximate surface area is 104 Å². The van der Waals surface area contributed by atoms with Crippen molar-refractivity contribution in [3.8, 4) is 0 Å². The van der Waals surface area contributed by atoms with E-state index in [4.69, 9.17) is 0 Å². The average Bonchev–Trinajstić information content (AvgIpc) is 2.97. The zero-order valence-corrected chi connectivity index (χ0v) is 10.3. The maximum absolute atomic E-state index is 9.32. The lowest BCUT2D eigenvalue weighted by Crippen LogP contribution is -2.26. The lowest BCUT2D eigenvalue weighted by Gasteiger charge is -2.19. The van der Waals surface area contributed by atoms with E-state index in [1.807, 2.05) is 11.4 Å². The van der Waals surface area contributed by atoms with Crippen LogP contribution in [0.3, 0.4) is 0 Å². The fourth-order valence-corrected chi connectivity index (χ4v) is 3.26. The predicted molar refractivity (Wildman–Crippen MR) is 69.3 cm³/mol. The van der Waals surface area contributed by atoms with Crippen molar-refractivity contribution < 1.29 is 5.11 Å². The van der Waals surface area contributed by atoms with Crippen LogP contribution in [0.2, 0.25) is 0 Å². The Bertz CT molecular complexity index is 513. The van der Waals surface area contributed by atoms with E-state index in [9.17, 15) is 5.11 Å². The fourth-order valence-electron chi connectivity index (χ4n) is 2.53. The van der Waals surface area contributed by atoms with Crippen LogP contribution in [0.15, 0.2) is 17.8 Å². The van der Waals surface area contributed by atoms with Crippen LogP contribution in [0.4, 0.5) is 5.82 Å². The van der Waals surface area contributed by atoms with Crippen LogP contribution < -0.4 is 5.32 Å². The number of aliphatic hydroxyl groups is 1. The number of anilines is 1. The van der Waals surface area contributed by atoms with E-state index in [1.54, 1.807) is 17.7 Å². The van der Waals surface area contributed by atoms with Crippen molar-refractivity contribution >= 4 is 27.4 Å². The number of thiophene rings is 1. The molecule has 17 heavy (non-hydrogen) atoms. The molecule has 1 aliphatic carbocycles. The highest BCUT2D eigenvalue weighted by Gasteiger charge is 2.27. The van der Waals surface area contributed by atoms with Gasteiger partial charge in [-0.05, 0) is 24.3 Å². The van der Waals surface area contributed by atoms with Crippen molar-refractivity contribution in [2.75, 3.05) is 11.9 Å². The van der Waals surface area contributed by atoms with E-state index in [1.165, 1.54) is 6.42 Å². The van der Waals surface area contributed by atoms with Crippen molar-refractivity contribution in [1.29, 1.82) is 0 Å². The molecule has 0 bridgehead atoms. The number of fused-ring (bicyclic) bond motifs is 1. The summed E-state index contributed by atoms with van der Waals surface area (Å²) in [6, 6.07) is 2.39. The molecule has 0 saturated heterocycles. The van der Waals surface area contributed by atoms with Crippen molar-refractivity contribution in [2.24, 2.45) is 5.92 Å². The quantitative estimate of drug-likeness (QED) is 0.876. The highest BCUT2D eigenvalue weighted by Crippen LogP contribution is 2.30. The first-order valence-electron chi connectivity index (χ1n) is 5.94. The molecule has 4 nitrogen and oxygen atoms in total. The summed E-state index contributed by atoms with van der Waals surface area (Å²) in [5.74, 6) is 1.26. The Morgan fingerprint density at radius 2 is 2.35 bits per heavy atom.